The van der Waals surface area contributed by atoms with Crippen molar-refractivity contribution in [3.8, 4) is 11.6 Å². The molecule has 0 radical (unpaired) electrons. The zero-order valence-corrected chi connectivity index (χ0v) is 11.2. The Morgan fingerprint density at radius 1 is 0.905 bits per heavy atom. The van der Waals surface area contributed by atoms with Gasteiger partial charge in [0.25, 0.3) is 0 Å². The van der Waals surface area contributed by atoms with Gasteiger partial charge in [-0.05, 0) is 36.4 Å². The number of aromatic nitrogens is 1. The summed E-state index contributed by atoms with van der Waals surface area (Å²) in [4.78, 5) is 6.44. The molecule has 1 aliphatic heterocycles. The lowest BCUT2D eigenvalue weighted by Gasteiger charge is -2.32. The third-order valence-electron chi connectivity index (χ3n) is 3.44. The predicted octanol–water partition coefficient (Wildman–Crippen LogP) is 4.24. The van der Waals surface area contributed by atoms with Crippen molar-refractivity contribution in [2.45, 2.75) is 0 Å². The average Bonchev–Trinajstić information content (AvgIpc) is 2.53. The molecule has 0 bridgehead atoms. The molecule has 21 heavy (non-hydrogen) atoms. The molecule has 0 spiro atoms. The Kier molecular flexibility index (Phi) is 2.54. The highest BCUT2D eigenvalue weighted by Gasteiger charge is 2.26. The largest absolute Gasteiger partial charge is 0.435 e. The van der Waals surface area contributed by atoms with Crippen LogP contribution in [0.25, 0.3) is 0 Å². The SMILES string of the molecule is Nc1ccc2c(c1)Oc1ncccc1N2c1ccccc1. The first-order valence-electron chi connectivity index (χ1n) is 6.70. The van der Waals surface area contributed by atoms with Gasteiger partial charge in [0.1, 0.15) is 5.69 Å². The van der Waals surface area contributed by atoms with Crippen LogP contribution in [0.2, 0.25) is 0 Å². The number of anilines is 4. The van der Waals surface area contributed by atoms with Gasteiger partial charge in [-0.2, -0.15) is 0 Å². The first kappa shape index (κ1) is 11.8. The quantitative estimate of drug-likeness (QED) is 0.528. The fourth-order valence-electron chi connectivity index (χ4n) is 2.52. The zero-order valence-electron chi connectivity index (χ0n) is 11.2. The number of rotatable bonds is 1. The van der Waals surface area contributed by atoms with Crippen LogP contribution in [0, 0.1) is 0 Å². The van der Waals surface area contributed by atoms with Crippen LogP contribution in [-0.2, 0) is 0 Å². The number of para-hydroxylation sites is 1. The van der Waals surface area contributed by atoms with E-state index in [1.54, 1.807) is 6.20 Å². The lowest BCUT2D eigenvalue weighted by molar-refractivity contribution is 0.458. The third kappa shape index (κ3) is 1.89. The Morgan fingerprint density at radius 3 is 2.62 bits per heavy atom. The lowest BCUT2D eigenvalue weighted by atomic mass is 10.1. The van der Waals surface area contributed by atoms with Crippen molar-refractivity contribution in [2.24, 2.45) is 0 Å². The fourth-order valence-corrected chi connectivity index (χ4v) is 2.52. The van der Waals surface area contributed by atoms with Crippen LogP contribution < -0.4 is 15.4 Å². The van der Waals surface area contributed by atoms with Gasteiger partial charge in [-0.25, -0.2) is 4.98 Å². The maximum absolute atomic E-state index is 5.88. The summed E-state index contributed by atoms with van der Waals surface area (Å²) in [7, 11) is 0. The first-order chi connectivity index (χ1) is 10.3. The Morgan fingerprint density at radius 2 is 1.76 bits per heavy atom. The van der Waals surface area contributed by atoms with E-state index >= 15 is 0 Å². The molecular formula is C17H13N3O. The van der Waals surface area contributed by atoms with Crippen LogP contribution in [0.1, 0.15) is 0 Å². The number of ether oxygens (including phenoxy) is 1. The van der Waals surface area contributed by atoms with Crippen molar-refractivity contribution in [3.05, 3.63) is 66.9 Å². The monoisotopic (exact) mass is 275 g/mol. The molecule has 102 valence electrons. The van der Waals surface area contributed by atoms with Gasteiger partial charge in [0, 0.05) is 23.6 Å². The normalized spacial score (nSPS) is 12.3. The maximum atomic E-state index is 5.88. The lowest BCUT2D eigenvalue weighted by Crippen LogP contribution is -2.16. The maximum Gasteiger partial charge on any atom is 0.243 e. The summed E-state index contributed by atoms with van der Waals surface area (Å²) >= 11 is 0. The summed E-state index contributed by atoms with van der Waals surface area (Å²) in [6.07, 6.45) is 1.72. The number of benzene rings is 2. The van der Waals surface area contributed by atoms with Crippen molar-refractivity contribution < 1.29 is 4.74 Å². The van der Waals surface area contributed by atoms with E-state index < -0.39 is 0 Å². The molecule has 3 aromatic rings. The molecule has 2 aromatic carbocycles. The third-order valence-corrected chi connectivity index (χ3v) is 3.44. The van der Waals surface area contributed by atoms with Gasteiger partial charge in [0.15, 0.2) is 5.75 Å². The number of hydrogen-bond acceptors (Lipinski definition) is 4. The van der Waals surface area contributed by atoms with E-state index in [1.807, 2.05) is 48.5 Å². The second-order valence-corrected chi connectivity index (χ2v) is 4.83. The number of nitrogens with zero attached hydrogens (tertiary/aromatic N) is 2. The Labute approximate surface area is 122 Å². The number of nitrogens with two attached hydrogens (primary N) is 1. The van der Waals surface area contributed by atoms with Crippen LogP contribution >= 0.6 is 0 Å². The van der Waals surface area contributed by atoms with Crippen molar-refractivity contribution in [1.29, 1.82) is 0 Å². The summed E-state index contributed by atoms with van der Waals surface area (Å²) in [6.45, 7) is 0. The molecule has 0 amide bonds. The second-order valence-electron chi connectivity index (χ2n) is 4.83. The van der Waals surface area contributed by atoms with Gasteiger partial charge in [-0.1, -0.05) is 18.2 Å². The molecule has 0 atom stereocenters. The summed E-state index contributed by atoms with van der Waals surface area (Å²) in [5, 5.41) is 0. The minimum absolute atomic E-state index is 0.583. The molecule has 1 aromatic heterocycles. The molecule has 0 saturated carbocycles. The molecule has 4 rings (SSSR count). The molecule has 0 aliphatic carbocycles. The van der Waals surface area contributed by atoms with E-state index in [-0.39, 0.29) is 0 Å². The van der Waals surface area contributed by atoms with Crippen molar-refractivity contribution in [3.63, 3.8) is 0 Å². The number of hydrogen-bond donors (Lipinski definition) is 1. The highest BCUT2D eigenvalue weighted by Crippen LogP contribution is 2.49. The molecule has 2 N–H and O–H groups in total. The summed E-state index contributed by atoms with van der Waals surface area (Å²) in [6, 6.07) is 19.7. The smallest absolute Gasteiger partial charge is 0.243 e. The molecule has 0 fully saturated rings. The zero-order chi connectivity index (χ0) is 14.2. The molecule has 0 saturated heterocycles. The van der Waals surface area contributed by atoms with Crippen LogP contribution in [-0.4, -0.2) is 4.98 Å². The molecular weight excluding hydrogens is 262 g/mol. The van der Waals surface area contributed by atoms with Crippen molar-refractivity contribution in [1.82, 2.24) is 4.98 Å². The van der Waals surface area contributed by atoms with E-state index in [9.17, 15) is 0 Å². The highest BCUT2D eigenvalue weighted by molar-refractivity contribution is 5.85. The van der Waals surface area contributed by atoms with Gasteiger partial charge < -0.3 is 15.4 Å². The number of fused-ring (bicyclic) bond motifs is 2. The summed E-state index contributed by atoms with van der Waals surface area (Å²) in [5.41, 5.74) is 9.46. The van der Waals surface area contributed by atoms with Crippen molar-refractivity contribution >= 4 is 22.7 Å². The first-order valence-corrected chi connectivity index (χ1v) is 6.70. The van der Waals surface area contributed by atoms with Gasteiger partial charge >= 0.3 is 0 Å². The van der Waals surface area contributed by atoms with Gasteiger partial charge in [-0.15, -0.1) is 0 Å². The van der Waals surface area contributed by atoms with Crippen LogP contribution in [0.3, 0.4) is 0 Å². The standard InChI is InChI=1S/C17H13N3O/c18-12-8-9-14-16(11-12)21-17-15(7-4-10-19-17)20(14)13-5-2-1-3-6-13/h1-11H,18H2. The van der Waals surface area contributed by atoms with E-state index in [4.69, 9.17) is 10.5 Å². The van der Waals surface area contributed by atoms with Crippen molar-refractivity contribution in [2.75, 3.05) is 10.6 Å². The number of pyridine rings is 1. The Balaban J connectivity index is 1.97. The van der Waals surface area contributed by atoms with E-state index in [0.717, 1.165) is 17.1 Å². The second kappa shape index (κ2) is 4.52. The van der Waals surface area contributed by atoms with Crippen LogP contribution in [0.15, 0.2) is 66.9 Å². The van der Waals surface area contributed by atoms with Crippen LogP contribution in [0.4, 0.5) is 22.7 Å². The fraction of sp³-hybridized carbons (Fsp3) is 0. The van der Waals surface area contributed by atoms with E-state index in [0.29, 0.717) is 17.3 Å². The molecule has 2 heterocycles. The predicted molar refractivity (Wildman–Crippen MR) is 83.4 cm³/mol. The highest BCUT2D eigenvalue weighted by atomic mass is 16.5. The minimum atomic E-state index is 0.583. The molecule has 0 unspecified atom stereocenters. The Bertz CT molecular complexity index is 802. The van der Waals surface area contributed by atoms with Gasteiger partial charge in [0.2, 0.25) is 5.88 Å². The molecule has 4 heteroatoms. The average molecular weight is 275 g/mol. The van der Waals surface area contributed by atoms with Gasteiger partial charge in [0.05, 0.1) is 5.69 Å². The minimum Gasteiger partial charge on any atom is -0.435 e. The van der Waals surface area contributed by atoms with Crippen LogP contribution in [0.5, 0.6) is 11.6 Å². The Hall–Kier alpha value is -3.01. The van der Waals surface area contributed by atoms with Gasteiger partial charge in [-0.3, -0.25) is 0 Å². The topological polar surface area (TPSA) is 51.4 Å². The summed E-state index contributed by atoms with van der Waals surface area (Å²) < 4.78 is 5.88. The molecule has 4 nitrogen and oxygen atoms in total. The molecule has 1 aliphatic rings. The number of nitrogen functional groups attached to an aromatic ring is 1. The van der Waals surface area contributed by atoms with E-state index in [2.05, 4.69) is 22.0 Å². The summed E-state index contributed by atoms with van der Waals surface area (Å²) in [5.74, 6) is 1.30. The van der Waals surface area contributed by atoms with E-state index in [1.165, 1.54) is 0 Å².